The van der Waals surface area contributed by atoms with Gasteiger partial charge in [0.2, 0.25) is 0 Å². The molecule has 1 aliphatic rings. The van der Waals surface area contributed by atoms with E-state index in [2.05, 4.69) is 18.9 Å². The van der Waals surface area contributed by atoms with Gasteiger partial charge in [-0.2, -0.15) is 16.9 Å². The summed E-state index contributed by atoms with van der Waals surface area (Å²) in [7, 11) is 1.75. The molecule has 5 nitrogen and oxygen atoms in total. The van der Waals surface area contributed by atoms with E-state index in [1.807, 2.05) is 16.7 Å². The molecule has 1 amide bonds. The number of aromatic nitrogens is 2. The smallest absolute Gasteiger partial charge is 0.274 e. The van der Waals surface area contributed by atoms with Crippen molar-refractivity contribution >= 4 is 23.4 Å². The Morgan fingerprint density at radius 2 is 2.06 bits per heavy atom. The molecule has 2 heterocycles. The SMILES string of the molecule is CC1CN(C(=O)c2c(N)cnn2C)CC(C)S1. The molecular weight excluding hydrogens is 236 g/mol. The predicted molar refractivity (Wildman–Crippen MR) is 70.0 cm³/mol. The zero-order valence-electron chi connectivity index (χ0n) is 10.4. The molecule has 1 aliphatic heterocycles. The van der Waals surface area contributed by atoms with E-state index in [4.69, 9.17) is 5.73 Å². The van der Waals surface area contributed by atoms with Crippen molar-refractivity contribution in [1.29, 1.82) is 0 Å². The molecule has 1 fully saturated rings. The van der Waals surface area contributed by atoms with Gasteiger partial charge >= 0.3 is 0 Å². The maximum atomic E-state index is 12.4. The summed E-state index contributed by atoms with van der Waals surface area (Å²) in [6.07, 6.45) is 1.53. The summed E-state index contributed by atoms with van der Waals surface area (Å²) in [6, 6.07) is 0. The molecule has 0 aromatic carbocycles. The Labute approximate surface area is 105 Å². The van der Waals surface area contributed by atoms with Crippen LogP contribution >= 0.6 is 11.8 Å². The van der Waals surface area contributed by atoms with E-state index in [-0.39, 0.29) is 5.91 Å². The van der Waals surface area contributed by atoms with Crippen LogP contribution in [0.15, 0.2) is 6.20 Å². The fraction of sp³-hybridized carbons (Fsp3) is 0.636. The molecule has 0 spiro atoms. The first-order chi connectivity index (χ1) is 7.99. The number of anilines is 1. The van der Waals surface area contributed by atoms with Gasteiger partial charge in [0.05, 0.1) is 11.9 Å². The van der Waals surface area contributed by atoms with Crippen LogP contribution in [0.5, 0.6) is 0 Å². The molecule has 0 aliphatic carbocycles. The van der Waals surface area contributed by atoms with Gasteiger partial charge in [0.1, 0.15) is 5.69 Å². The Morgan fingerprint density at radius 3 is 2.53 bits per heavy atom. The summed E-state index contributed by atoms with van der Waals surface area (Å²) in [5.74, 6) is -0.0125. The average molecular weight is 254 g/mol. The van der Waals surface area contributed by atoms with Crippen molar-refractivity contribution in [3.8, 4) is 0 Å². The standard InChI is InChI=1S/C11H18N4OS/c1-7-5-15(6-8(2)17-7)11(16)10-9(12)4-13-14(10)3/h4,7-8H,5-6,12H2,1-3H3. The molecule has 0 radical (unpaired) electrons. The van der Waals surface area contributed by atoms with Crippen LogP contribution in [0.1, 0.15) is 24.3 Å². The highest BCUT2D eigenvalue weighted by atomic mass is 32.2. The molecule has 2 rings (SSSR count). The van der Waals surface area contributed by atoms with E-state index in [1.54, 1.807) is 11.7 Å². The molecule has 1 aromatic heterocycles. The normalized spacial score (nSPS) is 25.0. The molecule has 1 aromatic rings. The van der Waals surface area contributed by atoms with Crippen LogP contribution in [0.25, 0.3) is 0 Å². The average Bonchev–Trinajstić information content (AvgIpc) is 2.56. The molecule has 2 unspecified atom stereocenters. The van der Waals surface area contributed by atoms with Gasteiger partial charge in [-0.3, -0.25) is 9.48 Å². The minimum atomic E-state index is -0.0125. The maximum absolute atomic E-state index is 12.4. The number of hydrogen-bond donors (Lipinski definition) is 1. The Kier molecular flexibility index (Phi) is 3.33. The van der Waals surface area contributed by atoms with E-state index in [0.29, 0.717) is 21.9 Å². The van der Waals surface area contributed by atoms with E-state index < -0.39 is 0 Å². The third kappa shape index (κ3) is 2.41. The van der Waals surface area contributed by atoms with Crippen molar-refractivity contribution in [2.24, 2.45) is 7.05 Å². The molecule has 0 bridgehead atoms. The van der Waals surface area contributed by atoms with Gasteiger partial charge in [-0.25, -0.2) is 0 Å². The number of carbonyl (C=O) groups excluding carboxylic acids is 1. The van der Waals surface area contributed by atoms with Crippen molar-refractivity contribution in [1.82, 2.24) is 14.7 Å². The van der Waals surface area contributed by atoms with Gasteiger partial charge in [0.25, 0.3) is 5.91 Å². The lowest BCUT2D eigenvalue weighted by Crippen LogP contribution is -2.44. The van der Waals surface area contributed by atoms with Gasteiger partial charge in [-0.05, 0) is 0 Å². The fourth-order valence-electron chi connectivity index (χ4n) is 2.21. The molecule has 2 atom stereocenters. The molecule has 94 valence electrons. The molecule has 17 heavy (non-hydrogen) atoms. The van der Waals surface area contributed by atoms with Crippen LogP contribution in [0.4, 0.5) is 5.69 Å². The van der Waals surface area contributed by atoms with Gasteiger partial charge in [0, 0.05) is 30.6 Å². The second-order valence-corrected chi connectivity index (χ2v) is 6.42. The highest BCUT2D eigenvalue weighted by Gasteiger charge is 2.29. The molecule has 2 N–H and O–H groups in total. The number of hydrogen-bond acceptors (Lipinski definition) is 4. The van der Waals surface area contributed by atoms with Crippen molar-refractivity contribution < 1.29 is 4.79 Å². The van der Waals surface area contributed by atoms with E-state index in [9.17, 15) is 4.79 Å². The number of thioether (sulfide) groups is 1. The van der Waals surface area contributed by atoms with Gasteiger partial charge < -0.3 is 10.6 Å². The number of amides is 1. The van der Waals surface area contributed by atoms with Crippen LogP contribution < -0.4 is 5.73 Å². The first-order valence-corrected chi connectivity index (χ1v) is 6.65. The number of carbonyl (C=O) groups is 1. The Morgan fingerprint density at radius 1 is 1.47 bits per heavy atom. The lowest BCUT2D eigenvalue weighted by molar-refractivity contribution is 0.0743. The van der Waals surface area contributed by atoms with Gasteiger partial charge in [0.15, 0.2) is 0 Å². The maximum Gasteiger partial charge on any atom is 0.274 e. The van der Waals surface area contributed by atoms with Crippen LogP contribution in [-0.4, -0.2) is 44.2 Å². The van der Waals surface area contributed by atoms with E-state index in [0.717, 1.165) is 13.1 Å². The number of nitrogens with two attached hydrogens (primary N) is 1. The van der Waals surface area contributed by atoms with Gasteiger partial charge in [-0.15, -0.1) is 0 Å². The summed E-state index contributed by atoms with van der Waals surface area (Å²) in [4.78, 5) is 14.2. The van der Waals surface area contributed by atoms with Crippen molar-refractivity contribution in [3.63, 3.8) is 0 Å². The summed E-state index contributed by atoms with van der Waals surface area (Å²) >= 11 is 1.92. The number of nitrogens with zero attached hydrogens (tertiary/aromatic N) is 3. The summed E-state index contributed by atoms with van der Waals surface area (Å²) in [6.45, 7) is 5.84. The Bertz CT molecular complexity index is 402. The van der Waals surface area contributed by atoms with Crippen LogP contribution in [-0.2, 0) is 7.05 Å². The van der Waals surface area contributed by atoms with Crippen LogP contribution in [0.3, 0.4) is 0 Å². The van der Waals surface area contributed by atoms with Crippen molar-refractivity contribution in [2.45, 2.75) is 24.3 Å². The number of rotatable bonds is 1. The van der Waals surface area contributed by atoms with Crippen LogP contribution in [0, 0.1) is 0 Å². The summed E-state index contributed by atoms with van der Waals surface area (Å²) in [5, 5.41) is 4.95. The van der Waals surface area contributed by atoms with E-state index >= 15 is 0 Å². The monoisotopic (exact) mass is 254 g/mol. The Balaban J connectivity index is 2.20. The predicted octanol–water partition coefficient (Wildman–Crippen LogP) is 0.968. The first-order valence-electron chi connectivity index (χ1n) is 5.71. The van der Waals surface area contributed by atoms with Crippen LogP contribution in [0.2, 0.25) is 0 Å². The largest absolute Gasteiger partial charge is 0.396 e. The molecule has 0 saturated carbocycles. The lowest BCUT2D eigenvalue weighted by atomic mass is 10.2. The second-order valence-electron chi connectivity index (χ2n) is 4.54. The fourth-order valence-corrected chi connectivity index (χ4v) is 3.54. The quantitative estimate of drug-likeness (QED) is 0.811. The summed E-state index contributed by atoms with van der Waals surface area (Å²) in [5.41, 5.74) is 6.73. The summed E-state index contributed by atoms with van der Waals surface area (Å²) < 4.78 is 1.55. The first kappa shape index (κ1) is 12.3. The Hall–Kier alpha value is -1.17. The molecule has 1 saturated heterocycles. The third-order valence-electron chi connectivity index (χ3n) is 2.88. The minimum Gasteiger partial charge on any atom is -0.396 e. The van der Waals surface area contributed by atoms with Crippen molar-refractivity contribution in [3.05, 3.63) is 11.9 Å². The topological polar surface area (TPSA) is 64.2 Å². The van der Waals surface area contributed by atoms with E-state index in [1.165, 1.54) is 6.20 Å². The third-order valence-corrected chi connectivity index (χ3v) is 4.10. The lowest BCUT2D eigenvalue weighted by Gasteiger charge is -2.34. The van der Waals surface area contributed by atoms with Gasteiger partial charge in [-0.1, -0.05) is 13.8 Å². The second kappa shape index (κ2) is 4.60. The zero-order valence-corrected chi connectivity index (χ0v) is 11.2. The highest BCUT2D eigenvalue weighted by Crippen LogP contribution is 2.26. The zero-order chi connectivity index (χ0) is 12.6. The highest BCUT2D eigenvalue weighted by molar-refractivity contribution is 8.00. The molecular formula is C11H18N4OS. The number of aryl methyl sites for hydroxylation is 1. The number of nitrogen functional groups attached to an aromatic ring is 1. The molecule has 6 heteroatoms. The van der Waals surface area contributed by atoms with Crippen molar-refractivity contribution in [2.75, 3.05) is 18.8 Å². The minimum absolute atomic E-state index is 0.0125.